The lowest BCUT2D eigenvalue weighted by molar-refractivity contribution is 0.723. The molecule has 4 nitrogen and oxygen atoms in total. The zero-order valence-corrected chi connectivity index (χ0v) is 35.3. The van der Waals surface area contributed by atoms with Crippen LogP contribution in [0.1, 0.15) is 22.3 Å². The molecule has 2 aliphatic rings. The summed E-state index contributed by atoms with van der Waals surface area (Å²) in [4.78, 5) is 23.0. The molecular formula is C59H36N4S. The lowest BCUT2D eigenvalue weighted by Gasteiger charge is -2.39. The first-order chi connectivity index (χ1) is 31.7. The standard InChI is InChI=1S/C59H36N4S/c1-4-16-38(17-5-1)55-45-34-35-49-54(43-22-10-11-23-46(43)59(49)47-24-12-14-26-51(47)64-52-27-15-13-25-48(52)59)53(45)44-33-32-42(36-50(44)60-55)37-28-30-41(31-29-37)58-62-56(39-18-6-2-7-19-39)61-57(63-58)40-20-8-3-9-21-40/h1-36H. The number of benzene rings is 9. The Balaban J connectivity index is 1.00. The Morgan fingerprint density at radius 3 is 1.41 bits per heavy atom. The van der Waals surface area contributed by atoms with Crippen LogP contribution in [0.2, 0.25) is 0 Å². The molecule has 0 bridgehead atoms. The fraction of sp³-hybridized carbons (Fsp3) is 0.0169. The van der Waals surface area contributed by atoms with Gasteiger partial charge in [0.05, 0.1) is 16.6 Å². The van der Waals surface area contributed by atoms with E-state index >= 15 is 0 Å². The average Bonchev–Trinajstić information content (AvgIpc) is 3.67. The van der Waals surface area contributed by atoms with Crippen LogP contribution in [-0.2, 0) is 5.41 Å². The van der Waals surface area contributed by atoms with E-state index in [1.807, 2.05) is 72.4 Å². The summed E-state index contributed by atoms with van der Waals surface area (Å²) in [5.74, 6) is 1.92. The first-order valence-electron chi connectivity index (χ1n) is 21.6. The number of nitrogens with zero attached hydrogens (tertiary/aromatic N) is 4. The van der Waals surface area contributed by atoms with Crippen molar-refractivity contribution >= 4 is 33.4 Å². The van der Waals surface area contributed by atoms with Gasteiger partial charge in [-0.2, -0.15) is 0 Å². The van der Waals surface area contributed by atoms with Crippen molar-refractivity contribution in [3.05, 3.63) is 241 Å². The highest BCUT2D eigenvalue weighted by Gasteiger charge is 2.50. The lowest BCUT2D eigenvalue weighted by atomic mass is 9.67. The molecule has 0 saturated carbocycles. The van der Waals surface area contributed by atoms with Gasteiger partial charge in [0.25, 0.3) is 0 Å². The second-order valence-electron chi connectivity index (χ2n) is 16.5. The van der Waals surface area contributed by atoms with Crippen LogP contribution in [0.3, 0.4) is 0 Å². The Morgan fingerprint density at radius 1 is 0.328 bits per heavy atom. The van der Waals surface area contributed by atoms with Gasteiger partial charge in [-0.25, -0.2) is 19.9 Å². The molecule has 0 amide bonds. The van der Waals surface area contributed by atoms with Crippen LogP contribution >= 0.6 is 11.8 Å². The highest BCUT2D eigenvalue weighted by Crippen LogP contribution is 2.63. The van der Waals surface area contributed by atoms with Crippen molar-refractivity contribution in [2.24, 2.45) is 0 Å². The van der Waals surface area contributed by atoms with E-state index in [0.717, 1.165) is 55.4 Å². The van der Waals surface area contributed by atoms with Gasteiger partial charge in [0.15, 0.2) is 17.5 Å². The molecule has 0 N–H and O–H groups in total. The minimum atomic E-state index is -0.467. The molecular weight excluding hydrogens is 797 g/mol. The van der Waals surface area contributed by atoms with E-state index < -0.39 is 5.41 Å². The number of hydrogen-bond acceptors (Lipinski definition) is 5. The second-order valence-corrected chi connectivity index (χ2v) is 17.6. The van der Waals surface area contributed by atoms with Gasteiger partial charge >= 0.3 is 0 Å². The molecule has 0 saturated heterocycles. The normalized spacial score (nSPS) is 13.1. The van der Waals surface area contributed by atoms with Crippen LogP contribution < -0.4 is 0 Å². The van der Waals surface area contributed by atoms with Crippen LogP contribution in [0.15, 0.2) is 228 Å². The first-order valence-corrected chi connectivity index (χ1v) is 22.4. The SMILES string of the molecule is c1ccc(-c2nc(-c3ccccc3)nc(-c3ccc(-c4ccc5c(c4)nc(-c4ccccc4)c4ccc6c(c45)-c4ccccc4C64c5ccccc5Sc5ccccc54)cc3)n2)cc1. The summed E-state index contributed by atoms with van der Waals surface area (Å²) < 4.78 is 0. The largest absolute Gasteiger partial charge is 0.247 e. The first kappa shape index (κ1) is 36.6. The summed E-state index contributed by atoms with van der Waals surface area (Å²) in [5, 5.41) is 3.52. The fourth-order valence-electron chi connectivity index (χ4n) is 10.2. The van der Waals surface area contributed by atoms with Gasteiger partial charge in [-0.05, 0) is 62.7 Å². The summed E-state index contributed by atoms with van der Waals surface area (Å²) in [7, 11) is 0. The summed E-state index contributed by atoms with van der Waals surface area (Å²) >= 11 is 1.88. The zero-order valence-electron chi connectivity index (χ0n) is 34.5. The van der Waals surface area contributed by atoms with Crippen LogP contribution in [0.25, 0.3) is 89.4 Å². The highest BCUT2D eigenvalue weighted by molar-refractivity contribution is 7.99. The van der Waals surface area contributed by atoms with Gasteiger partial charge in [0.1, 0.15) is 0 Å². The van der Waals surface area contributed by atoms with Gasteiger partial charge in [-0.15, -0.1) is 0 Å². The Labute approximate surface area is 375 Å². The van der Waals surface area contributed by atoms with Crippen molar-refractivity contribution in [3.63, 3.8) is 0 Å². The van der Waals surface area contributed by atoms with Gasteiger partial charge in [0, 0.05) is 48.2 Å². The Kier molecular flexibility index (Phi) is 8.33. The molecule has 1 spiro atoms. The quantitative estimate of drug-likeness (QED) is 0.162. The predicted molar refractivity (Wildman–Crippen MR) is 261 cm³/mol. The van der Waals surface area contributed by atoms with E-state index in [4.69, 9.17) is 19.9 Å². The minimum Gasteiger partial charge on any atom is -0.247 e. The molecule has 1 aliphatic carbocycles. The lowest BCUT2D eigenvalue weighted by Crippen LogP contribution is -2.31. The monoisotopic (exact) mass is 832 g/mol. The maximum absolute atomic E-state index is 5.53. The van der Waals surface area contributed by atoms with Gasteiger partial charge < -0.3 is 0 Å². The molecule has 64 heavy (non-hydrogen) atoms. The Bertz CT molecular complexity index is 3520. The molecule has 5 heteroatoms. The van der Waals surface area contributed by atoms with E-state index in [2.05, 4.69) is 158 Å². The average molecular weight is 833 g/mol. The minimum absolute atomic E-state index is 0.467. The van der Waals surface area contributed by atoms with E-state index in [0.29, 0.717) is 17.5 Å². The van der Waals surface area contributed by atoms with Gasteiger partial charge in [-0.1, -0.05) is 212 Å². The van der Waals surface area contributed by atoms with Crippen LogP contribution in [0.4, 0.5) is 0 Å². The molecule has 0 radical (unpaired) electrons. The Hall–Kier alpha value is -7.99. The molecule has 1 aliphatic heterocycles. The van der Waals surface area contributed by atoms with Crippen molar-refractivity contribution in [1.82, 2.24) is 19.9 Å². The molecule has 11 aromatic rings. The second kappa shape index (κ2) is 14.6. The number of fused-ring (bicyclic) bond motifs is 13. The number of rotatable bonds is 5. The van der Waals surface area contributed by atoms with Gasteiger partial charge in [0.2, 0.25) is 0 Å². The molecule has 298 valence electrons. The molecule has 9 aromatic carbocycles. The van der Waals surface area contributed by atoms with E-state index in [1.165, 1.54) is 48.6 Å². The van der Waals surface area contributed by atoms with E-state index in [1.54, 1.807) is 0 Å². The van der Waals surface area contributed by atoms with E-state index in [9.17, 15) is 0 Å². The maximum Gasteiger partial charge on any atom is 0.164 e. The Morgan fingerprint density at radius 2 is 0.797 bits per heavy atom. The molecule has 13 rings (SSSR count). The highest BCUT2D eigenvalue weighted by atomic mass is 32.2. The third-order valence-electron chi connectivity index (χ3n) is 13.0. The predicted octanol–water partition coefficient (Wildman–Crippen LogP) is 14.7. The van der Waals surface area contributed by atoms with Crippen LogP contribution in [-0.4, -0.2) is 19.9 Å². The number of aromatic nitrogens is 4. The van der Waals surface area contributed by atoms with Crippen LogP contribution in [0.5, 0.6) is 0 Å². The van der Waals surface area contributed by atoms with Crippen LogP contribution in [0, 0.1) is 0 Å². The molecule has 0 fully saturated rings. The summed E-state index contributed by atoms with van der Waals surface area (Å²) in [6.45, 7) is 0. The van der Waals surface area contributed by atoms with Crippen molar-refractivity contribution in [1.29, 1.82) is 0 Å². The number of pyridine rings is 1. The van der Waals surface area contributed by atoms with E-state index in [-0.39, 0.29) is 0 Å². The van der Waals surface area contributed by atoms with Crippen molar-refractivity contribution < 1.29 is 0 Å². The zero-order chi connectivity index (χ0) is 42.2. The molecule has 0 atom stereocenters. The van der Waals surface area contributed by atoms with Crippen molar-refractivity contribution in [2.45, 2.75) is 15.2 Å². The molecule has 0 unspecified atom stereocenters. The molecule has 2 aromatic heterocycles. The molecule has 3 heterocycles. The summed E-state index contributed by atoms with van der Waals surface area (Å²) in [5.41, 5.74) is 15.4. The smallest absolute Gasteiger partial charge is 0.164 e. The van der Waals surface area contributed by atoms with Gasteiger partial charge in [-0.3, -0.25) is 0 Å². The van der Waals surface area contributed by atoms with Crippen molar-refractivity contribution in [2.75, 3.05) is 0 Å². The summed E-state index contributed by atoms with van der Waals surface area (Å²) in [6, 6.07) is 78.0. The maximum atomic E-state index is 5.53. The van der Waals surface area contributed by atoms with Crippen molar-refractivity contribution in [3.8, 4) is 67.7 Å². The fourth-order valence-corrected chi connectivity index (χ4v) is 11.4. The third-order valence-corrected chi connectivity index (χ3v) is 14.1. The third kappa shape index (κ3) is 5.57. The summed E-state index contributed by atoms with van der Waals surface area (Å²) in [6.07, 6.45) is 0. The number of hydrogen-bond donors (Lipinski definition) is 0. The topological polar surface area (TPSA) is 51.6 Å².